The number of nitrogens with one attached hydrogen (secondary N) is 1. The summed E-state index contributed by atoms with van der Waals surface area (Å²) >= 11 is 0. The van der Waals surface area contributed by atoms with E-state index in [1.54, 1.807) is 12.1 Å². The normalized spacial score (nSPS) is 12.2. The third-order valence-corrected chi connectivity index (χ3v) is 2.62. The smallest absolute Gasteiger partial charge is 0.227 e. The summed E-state index contributed by atoms with van der Waals surface area (Å²) in [5.74, 6) is -0.523. The molecule has 3 nitrogen and oxygen atoms in total. The summed E-state index contributed by atoms with van der Waals surface area (Å²) in [7, 11) is 0. The Morgan fingerprint density at radius 1 is 1.47 bits per heavy atom. The zero-order valence-electron chi connectivity index (χ0n) is 10.1. The van der Waals surface area contributed by atoms with E-state index in [1.165, 1.54) is 12.1 Å². The lowest BCUT2D eigenvalue weighted by atomic mass is 9.99. The highest BCUT2D eigenvalue weighted by molar-refractivity contribution is 5.92. The molecule has 0 aromatic heterocycles. The van der Waals surface area contributed by atoms with E-state index in [0.29, 0.717) is 18.7 Å². The van der Waals surface area contributed by atoms with E-state index in [4.69, 9.17) is 5.73 Å². The van der Waals surface area contributed by atoms with Crippen molar-refractivity contribution < 1.29 is 9.18 Å². The second-order valence-corrected chi connectivity index (χ2v) is 4.06. The number of hydrogen-bond acceptors (Lipinski definition) is 2. The molecule has 0 aliphatic carbocycles. The number of hydrogen-bond donors (Lipinski definition) is 2. The van der Waals surface area contributed by atoms with E-state index >= 15 is 0 Å². The van der Waals surface area contributed by atoms with Gasteiger partial charge in [0.15, 0.2) is 0 Å². The van der Waals surface area contributed by atoms with Gasteiger partial charge in [0, 0.05) is 11.6 Å². The minimum absolute atomic E-state index is 0.0806. The number of nitrogens with two attached hydrogens (primary N) is 1. The van der Waals surface area contributed by atoms with Crippen LogP contribution in [0.25, 0.3) is 0 Å². The molecule has 1 rings (SSSR count). The maximum atomic E-state index is 12.9. The molecule has 0 spiro atoms. The van der Waals surface area contributed by atoms with Crippen LogP contribution in [0.15, 0.2) is 24.3 Å². The summed E-state index contributed by atoms with van der Waals surface area (Å²) in [6.45, 7) is 2.51. The molecule has 1 aromatic rings. The first-order chi connectivity index (χ1) is 8.17. The van der Waals surface area contributed by atoms with E-state index < -0.39 is 0 Å². The van der Waals surface area contributed by atoms with Gasteiger partial charge in [-0.25, -0.2) is 4.39 Å². The molecule has 17 heavy (non-hydrogen) atoms. The predicted molar refractivity (Wildman–Crippen MR) is 67.1 cm³/mol. The third-order valence-electron chi connectivity index (χ3n) is 2.62. The number of rotatable bonds is 6. The highest BCUT2D eigenvalue weighted by atomic mass is 19.1. The maximum absolute atomic E-state index is 12.9. The van der Waals surface area contributed by atoms with E-state index in [2.05, 4.69) is 5.32 Å². The first-order valence-corrected chi connectivity index (χ1v) is 5.94. The van der Waals surface area contributed by atoms with Gasteiger partial charge < -0.3 is 11.1 Å². The first-order valence-electron chi connectivity index (χ1n) is 5.94. The molecule has 4 heteroatoms. The fourth-order valence-electron chi connectivity index (χ4n) is 1.77. The van der Waals surface area contributed by atoms with Crippen molar-refractivity contribution in [3.8, 4) is 0 Å². The van der Waals surface area contributed by atoms with Crippen LogP contribution < -0.4 is 11.1 Å². The Hall–Kier alpha value is -1.42. The minimum atomic E-state index is -0.353. The third kappa shape index (κ3) is 4.53. The molecule has 0 aliphatic rings. The van der Waals surface area contributed by atoms with Crippen LogP contribution >= 0.6 is 0 Å². The summed E-state index contributed by atoms with van der Waals surface area (Å²) in [6, 6.07) is 5.90. The SMILES string of the molecule is CCCC(CCN)C(=O)Nc1cccc(F)c1. The Morgan fingerprint density at radius 3 is 2.82 bits per heavy atom. The van der Waals surface area contributed by atoms with Crippen LogP contribution in [0.3, 0.4) is 0 Å². The number of carbonyl (C=O) groups is 1. The van der Waals surface area contributed by atoms with Crippen LogP contribution in [-0.2, 0) is 4.79 Å². The van der Waals surface area contributed by atoms with Crippen molar-refractivity contribution in [3.05, 3.63) is 30.1 Å². The molecule has 1 amide bonds. The van der Waals surface area contributed by atoms with Gasteiger partial charge in [-0.2, -0.15) is 0 Å². The Labute approximate surface area is 101 Å². The molecule has 94 valence electrons. The lowest BCUT2D eigenvalue weighted by molar-refractivity contribution is -0.120. The minimum Gasteiger partial charge on any atom is -0.330 e. The fourth-order valence-corrected chi connectivity index (χ4v) is 1.77. The van der Waals surface area contributed by atoms with Gasteiger partial charge in [0.25, 0.3) is 0 Å². The number of benzene rings is 1. The lowest BCUT2D eigenvalue weighted by Gasteiger charge is -2.15. The van der Waals surface area contributed by atoms with Crippen molar-refractivity contribution in [3.63, 3.8) is 0 Å². The predicted octanol–water partition coefficient (Wildman–Crippen LogP) is 2.53. The molecule has 0 radical (unpaired) electrons. The van der Waals surface area contributed by atoms with Crippen LogP contribution in [0.4, 0.5) is 10.1 Å². The van der Waals surface area contributed by atoms with Crippen LogP contribution in [0.2, 0.25) is 0 Å². The molecule has 0 saturated heterocycles. The first kappa shape index (κ1) is 13.6. The van der Waals surface area contributed by atoms with Gasteiger partial charge in [0.1, 0.15) is 5.82 Å². The zero-order valence-corrected chi connectivity index (χ0v) is 10.1. The second-order valence-electron chi connectivity index (χ2n) is 4.06. The molecular formula is C13H19FN2O. The summed E-state index contributed by atoms with van der Waals surface area (Å²) in [5, 5.41) is 2.72. The van der Waals surface area contributed by atoms with Gasteiger partial charge >= 0.3 is 0 Å². The highest BCUT2D eigenvalue weighted by Crippen LogP contribution is 2.15. The molecule has 0 fully saturated rings. The van der Waals surface area contributed by atoms with Crippen molar-refractivity contribution in [2.45, 2.75) is 26.2 Å². The maximum Gasteiger partial charge on any atom is 0.227 e. The van der Waals surface area contributed by atoms with Crippen LogP contribution in [0.1, 0.15) is 26.2 Å². The molecule has 0 aliphatic heterocycles. The number of amides is 1. The van der Waals surface area contributed by atoms with E-state index in [1.807, 2.05) is 6.92 Å². The number of anilines is 1. The number of carbonyl (C=O) groups excluding carboxylic acids is 1. The summed E-state index contributed by atoms with van der Waals surface area (Å²) in [6.07, 6.45) is 2.40. The van der Waals surface area contributed by atoms with E-state index in [9.17, 15) is 9.18 Å². The molecule has 0 saturated carbocycles. The topological polar surface area (TPSA) is 55.1 Å². The van der Waals surface area contributed by atoms with Crippen LogP contribution in [0.5, 0.6) is 0 Å². The van der Waals surface area contributed by atoms with Crippen molar-refractivity contribution in [2.24, 2.45) is 11.7 Å². The molecule has 1 atom stereocenters. The van der Waals surface area contributed by atoms with Crippen LogP contribution in [0, 0.1) is 11.7 Å². The molecule has 0 bridgehead atoms. The number of halogens is 1. The van der Waals surface area contributed by atoms with E-state index in [0.717, 1.165) is 12.8 Å². The summed E-state index contributed by atoms with van der Waals surface area (Å²) < 4.78 is 12.9. The highest BCUT2D eigenvalue weighted by Gasteiger charge is 2.16. The van der Waals surface area contributed by atoms with Crippen molar-refractivity contribution in [2.75, 3.05) is 11.9 Å². The molecular weight excluding hydrogens is 219 g/mol. The quantitative estimate of drug-likeness (QED) is 0.800. The molecule has 1 aromatic carbocycles. The lowest BCUT2D eigenvalue weighted by Crippen LogP contribution is -2.25. The van der Waals surface area contributed by atoms with Crippen molar-refractivity contribution >= 4 is 11.6 Å². The molecule has 3 N–H and O–H groups in total. The average molecular weight is 238 g/mol. The van der Waals surface area contributed by atoms with Gasteiger partial charge in [-0.1, -0.05) is 19.4 Å². The monoisotopic (exact) mass is 238 g/mol. The Morgan fingerprint density at radius 2 is 2.24 bits per heavy atom. The Kier molecular flexibility index (Phi) is 5.63. The van der Waals surface area contributed by atoms with E-state index in [-0.39, 0.29) is 17.6 Å². The zero-order chi connectivity index (χ0) is 12.7. The van der Waals surface area contributed by atoms with Gasteiger partial charge in [-0.3, -0.25) is 4.79 Å². The van der Waals surface area contributed by atoms with Crippen molar-refractivity contribution in [1.29, 1.82) is 0 Å². The average Bonchev–Trinajstić information content (AvgIpc) is 2.28. The van der Waals surface area contributed by atoms with Gasteiger partial charge in [-0.15, -0.1) is 0 Å². The molecule has 0 heterocycles. The summed E-state index contributed by atoms with van der Waals surface area (Å²) in [5.41, 5.74) is 5.97. The van der Waals surface area contributed by atoms with Crippen LogP contribution in [-0.4, -0.2) is 12.5 Å². The fraction of sp³-hybridized carbons (Fsp3) is 0.462. The molecule has 1 unspecified atom stereocenters. The second kappa shape index (κ2) is 7.01. The Balaban J connectivity index is 2.62. The largest absolute Gasteiger partial charge is 0.330 e. The standard InChI is InChI=1S/C13H19FN2O/c1-2-4-10(7-8-15)13(17)16-12-6-3-5-11(14)9-12/h3,5-6,9-10H,2,4,7-8,15H2,1H3,(H,16,17). The van der Waals surface area contributed by atoms with Gasteiger partial charge in [0.2, 0.25) is 5.91 Å². The Bertz CT molecular complexity index is 362. The van der Waals surface area contributed by atoms with Crippen molar-refractivity contribution in [1.82, 2.24) is 0 Å². The summed E-state index contributed by atoms with van der Waals surface area (Å²) in [4.78, 5) is 11.9. The van der Waals surface area contributed by atoms with Gasteiger partial charge in [-0.05, 0) is 37.6 Å². The van der Waals surface area contributed by atoms with Gasteiger partial charge in [0.05, 0.1) is 0 Å².